The van der Waals surface area contributed by atoms with Gasteiger partial charge in [-0.2, -0.15) is 0 Å². The van der Waals surface area contributed by atoms with Crippen molar-refractivity contribution in [2.45, 2.75) is 25.3 Å². The first-order valence-corrected chi connectivity index (χ1v) is 5.69. The van der Waals surface area contributed by atoms with Gasteiger partial charge in [-0.3, -0.25) is 14.7 Å². The summed E-state index contributed by atoms with van der Waals surface area (Å²) in [6.07, 6.45) is 7.08. The van der Waals surface area contributed by atoms with Gasteiger partial charge in [0.2, 0.25) is 5.91 Å². The summed E-state index contributed by atoms with van der Waals surface area (Å²) in [6.45, 7) is 1.29. The van der Waals surface area contributed by atoms with Crippen molar-refractivity contribution in [1.82, 2.24) is 9.88 Å². The zero-order chi connectivity index (χ0) is 11.4. The smallest absolute Gasteiger partial charge is 0.231 e. The first-order chi connectivity index (χ1) is 7.77. The maximum absolute atomic E-state index is 11.0. The zero-order valence-electron chi connectivity index (χ0n) is 9.30. The molecule has 1 amide bonds. The Kier molecular flexibility index (Phi) is 3.51. The van der Waals surface area contributed by atoms with E-state index in [9.17, 15) is 4.79 Å². The predicted octanol–water partition coefficient (Wildman–Crippen LogP) is 1.09. The number of pyridine rings is 1. The summed E-state index contributed by atoms with van der Waals surface area (Å²) in [7, 11) is 0. The van der Waals surface area contributed by atoms with E-state index in [1.807, 2.05) is 12.3 Å². The van der Waals surface area contributed by atoms with E-state index >= 15 is 0 Å². The quantitative estimate of drug-likeness (QED) is 0.828. The van der Waals surface area contributed by atoms with E-state index in [4.69, 9.17) is 5.73 Å². The van der Waals surface area contributed by atoms with Crippen molar-refractivity contribution < 1.29 is 4.79 Å². The van der Waals surface area contributed by atoms with Crippen LogP contribution in [-0.2, 0) is 4.79 Å². The van der Waals surface area contributed by atoms with E-state index in [0.717, 1.165) is 19.4 Å². The molecule has 1 unspecified atom stereocenters. The standard InChI is InChI=1S/C12H17N3O/c13-12(16)9-15-7-2-1-5-11(15)10-4-3-6-14-8-10/h3-4,6,8,11H,1-2,5,7,9H2,(H2,13,16). The Morgan fingerprint density at radius 3 is 3.12 bits per heavy atom. The SMILES string of the molecule is NC(=O)CN1CCCCC1c1cccnc1. The van der Waals surface area contributed by atoms with Gasteiger partial charge in [0.25, 0.3) is 0 Å². The van der Waals surface area contributed by atoms with Crippen LogP contribution in [0.5, 0.6) is 0 Å². The minimum atomic E-state index is -0.254. The number of piperidine rings is 1. The molecule has 1 fully saturated rings. The summed E-state index contributed by atoms with van der Waals surface area (Å²) in [5.74, 6) is -0.254. The molecule has 2 heterocycles. The molecule has 2 N–H and O–H groups in total. The van der Waals surface area contributed by atoms with Crippen LogP contribution < -0.4 is 5.73 Å². The van der Waals surface area contributed by atoms with Crippen LogP contribution in [0.2, 0.25) is 0 Å². The summed E-state index contributed by atoms with van der Waals surface area (Å²) in [5.41, 5.74) is 6.45. The van der Waals surface area contributed by atoms with Gasteiger partial charge in [0.15, 0.2) is 0 Å². The zero-order valence-corrected chi connectivity index (χ0v) is 9.30. The molecule has 1 saturated heterocycles. The first kappa shape index (κ1) is 11.1. The molecule has 4 nitrogen and oxygen atoms in total. The second kappa shape index (κ2) is 5.07. The number of likely N-dealkylation sites (tertiary alicyclic amines) is 1. The molecule has 0 radical (unpaired) electrons. The van der Waals surface area contributed by atoms with Crippen molar-refractivity contribution in [3.8, 4) is 0 Å². The molecule has 1 aromatic rings. The summed E-state index contributed by atoms with van der Waals surface area (Å²) in [6, 6.07) is 4.30. The predicted molar refractivity (Wildman–Crippen MR) is 61.6 cm³/mol. The van der Waals surface area contributed by atoms with E-state index < -0.39 is 0 Å². The molecule has 0 aromatic carbocycles. The van der Waals surface area contributed by atoms with Crippen LogP contribution in [0.1, 0.15) is 30.9 Å². The normalized spacial score (nSPS) is 21.9. The van der Waals surface area contributed by atoms with Crippen molar-refractivity contribution in [3.63, 3.8) is 0 Å². The Labute approximate surface area is 95.5 Å². The van der Waals surface area contributed by atoms with Gasteiger partial charge in [0.1, 0.15) is 0 Å². The number of primary amides is 1. The molecule has 0 aliphatic carbocycles. The third kappa shape index (κ3) is 2.58. The monoisotopic (exact) mass is 219 g/mol. The lowest BCUT2D eigenvalue weighted by molar-refractivity contribution is -0.120. The van der Waals surface area contributed by atoms with Crippen LogP contribution in [0.25, 0.3) is 0 Å². The van der Waals surface area contributed by atoms with Gasteiger partial charge in [-0.1, -0.05) is 12.5 Å². The summed E-state index contributed by atoms with van der Waals surface area (Å²) >= 11 is 0. The molecule has 1 atom stereocenters. The van der Waals surface area contributed by atoms with Gasteiger partial charge in [-0.25, -0.2) is 0 Å². The molecule has 0 saturated carbocycles. The Morgan fingerprint density at radius 1 is 1.56 bits per heavy atom. The summed E-state index contributed by atoms with van der Waals surface area (Å²) in [5, 5.41) is 0. The Morgan fingerprint density at radius 2 is 2.44 bits per heavy atom. The Balaban J connectivity index is 2.13. The van der Waals surface area contributed by atoms with E-state index in [-0.39, 0.29) is 5.91 Å². The van der Waals surface area contributed by atoms with Crippen molar-refractivity contribution in [1.29, 1.82) is 0 Å². The minimum absolute atomic E-state index is 0.254. The highest BCUT2D eigenvalue weighted by Crippen LogP contribution is 2.29. The Bertz CT molecular complexity index is 353. The van der Waals surface area contributed by atoms with Crippen LogP contribution in [-0.4, -0.2) is 28.9 Å². The molecule has 4 heteroatoms. The number of nitrogens with zero attached hydrogens (tertiary/aromatic N) is 2. The minimum Gasteiger partial charge on any atom is -0.369 e. The largest absolute Gasteiger partial charge is 0.369 e. The van der Waals surface area contributed by atoms with Gasteiger partial charge in [-0.05, 0) is 31.0 Å². The van der Waals surface area contributed by atoms with Gasteiger partial charge >= 0.3 is 0 Å². The van der Waals surface area contributed by atoms with Crippen LogP contribution >= 0.6 is 0 Å². The fraction of sp³-hybridized carbons (Fsp3) is 0.500. The molecule has 0 bridgehead atoms. The van der Waals surface area contributed by atoms with Crippen LogP contribution in [0.15, 0.2) is 24.5 Å². The van der Waals surface area contributed by atoms with Gasteiger partial charge in [-0.15, -0.1) is 0 Å². The van der Waals surface area contributed by atoms with Crippen LogP contribution in [0.3, 0.4) is 0 Å². The van der Waals surface area contributed by atoms with E-state index in [2.05, 4.69) is 16.0 Å². The average molecular weight is 219 g/mol. The molecular formula is C12H17N3O. The average Bonchev–Trinajstić information content (AvgIpc) is 2.30. The van der Waals surface area contributed by atoms with Crippen LogP contribution in [0.4, 0.5) is 0 Å². The molecule has 86 valence electrons. The third-order valence-corrected chi connectivity index (χ3v) is 3.04. The van der Waals surface area contributed by atoms with Crippen molar-refractivity contribution in [3.05, 3.63) is 30.1 Å². The second-order valence-corrected chi connectivity index (χ2v) is 4.23. The lowest BCUT2D eigenvalue weighted by Crippen LogP contribution is -2.39. The number of carbonyl (C=O) groups excluding carboxylic acids is 1. The topological polar surface area (TPSA) is 59.2 Å². The molecule has 16 heavy (non-hydrogen) atoms. The Hall–Kier alpha value is -1.42. The summed E-state index contributed by atoms with van der Waals surface area (Å²) < 4.78 is 0. The van der Waals surface area contributed by atoms with Gasteiger partial charge < -0.3 is 5.73 Å². The maximum atomic E-state index is 11.0. The fourth-order valence-corrected chi connectivity index (χ4v) is 2.33. The second-order valence-electron chi connectivity index (χ2n) is 4.23. The van der Waals surface area contributed by atoms with Crippen molar-refractivity contribution >= 4 is 5.91 Å². The number of aromatic nitrogens is 1. The van der Waals surface area contributed by atoms with Gasteiger partial charge in [0, 0.05) is 18.4 Å². The lowest BCUT2D eigenvalue weighted by atomic mass is 9.96. The first-order valence-electron chi connectivity index (χ1n) is 5.69. The number of amides is 1. The highest BCUT2D eigenvalue weighted by molar-refractivity contribution is 5.76. The fourth-order valence-electron chi connectivity index (χ4n) is 2.33. The lowest BCUT2D eigenvalue weighted by Gasteiger charge is -2.34. The van der Waals surface area contributed by atoms with E-state index in [0.29, 0.717) is 12.6 Å². The molecule has 1 aromatic heterocycles. The van der Waals surface area contributed by atoms with Gasteiger partial charge in [0.05, 0.1) is 6.54 Å². The highest BCUT2D eigenvalue weighted by atomic mass is 16.1. The molecule has 1 aliphatic heterocycles. The van der Waals surface area contributed by atoms with Crippen molar-refractivity contribution in [2.75, 3.05) is 13.1 Å². The van der Waals surface area contributed by atoms with E-state index in [1.165, 1.54) is 12.0 Å². The highest BCUT2D eigenvalue weighted by Gasteiger charge is 2.24. The third-order valence-electron chi connectivity index (χ3n) is 3.04. The molecular weight excluding hydrogens is 202 g/mol. The summed E-state index contributed by atoms with van der Waals surface area (Å²) in [4.78, 5) is 17.3. The van der Waals surface area contributed by atoms with Crippen LogP contribution in [0, 0.1) is 0 Å². The molecule has 0 spiro atoms. The number of rotatable bonds is 3. The van der Waals surface area contributed by atoms with Crippen molar-refractivity contribution in [2.24, 2.45) is 5.73 Å². The number of hydrogen-bond acceptors (Lipinski definition) is 3. The molecule has 2 rings (SSSR count). The number of carbonyl (C=O) groups is 1. The number of hydrogen-bond donors (Lipinski definition) is 1. The van der Waals surface area contributed by atoms with E-state index in [1.54, 1.807) is 6.20 Å². The molecule has 1 aliphatic rings. The maximum Gasteiger partial charge on any atom is 0.231 e. The number of nitrogens with two attached hydrogens (primary N) is 1.